The van der Waals surface area contributed by atoms with Gasteiger partial charge >= 0.3 is 17.9 Å². The summed E-state index contributed by atoms with van der Waals surface area (Å²) in [6.45, 7) is 0. The molecule has 0 aliphatic heterocycles. The smallest absolute Gasteiger partial charge is 0.326 e. The molecule has 0 bridgehead atoms. The summed E-state index contributed by atoms with van der Waals surface area (Å²) in [6, 6.07) is -0.201. The average Bonchev–Trinajstić information content (AvgIpc) is 2.87. The third kappa shape index (κ3) is 12.7. The fraction of sp³-hybridized carbons (Fsp3) is 0.458. The van der Waals surface area contributed by atoms with E-state index >= 15 is 0 Å². The molecular weight excluding hydrogens is 534 g/mol. The number of aromatic hydroxyl groups is 1. The number of carbonyl (C=O) groups excluding carboxylic acids is 4. The van der Waals surface area contributed by atoms with Gasteiger partial charge in [0.1, 0.15) is 23.9 Å². The van der Waals surface area contributed by atoms with Gasteiger partial charge in [0.25, 0.3) is 0 Å². The van der Waals surface area contributed by atoms with Gasteiger partial charge in [-0.15, -0.1) is 0 Å². The molecule has 220 valence electrons. The first-order valence-electron chi connectivity index (χ1n) is 12.1. The SMILES string of the molecule is NC(=O)CCC(NC(=O)C(Cc1ccc(O)cc1)NC(=O)C(N)CCC(=O)O)C(=O)NC(CCC(=O)O)C(=O)O. The molecule has 1 aromatic rings. The first kappa shape index (κ1) is 33.3. The van der Waals surface area contributed by atoms with E-state index in [1.807, 2.05) is 0 Å². The Kier molecular flexibility index (Phi) is 13.6. The van der Waals surface area contributed by atoms with Gasteiger partial charge < -0.3 is 47.8 Å². The molecule has 40 heavy (non-hydrogen) atoms. The molecule has 4 amide bonds. The number of primary amides is 1. The van der Waals surface area contributed by atoms with Crippen LogP contribution in [0.1, 0.15) is 44.1 Å². The number of carbonyl (C=O) groups is 7. The highest BCUT2D eigenvalue weighted by atomic mass is 16.4. The van der Waals surface area contributed by atoms with Crippen molar-refractivity contribution in [3.63, 3.8) is 0 Å². The molecule has 0 aromatic heterocycles. The number of phenols is 1. The molecule has 16 nitrogen and oxygen atoms in total. The lowest BCUT2D eigenvalue weighted by atomic mass is 10.0. The van der Waals surface area contributed by atoms with Crippen LogP contribution >= 0.6 is 0 Å². The van der Waals surface area contributed by atoms with Crippen LogP contribution in [0.2, 0.25) is 0 Å². The summed E-state index contributed by atoms with van der Waals surface area (Å²) < 4.78 is 0. The van der Waals surface area contributed by atoms with Crippen LogP contribution in [0.25, 0.3) is 0 Å². The van der Waals surface area contributed by atoms with Gasteiger partial charge in [-0.05, 0) is 37.0 Å². The molecule has 0 aliphatic carbocycles. The highest BCUT2D eigenvalue weighted by Crippen LogP contribution is 2.12. The van der Waals surface area contributed by atoms with E-state index in [1.54, 1.807) is 0 Å². The fourth-order valence-electron chi connectivity index (χ4n) is 3.39. The van der Waals surface area contributed by atoms with Crippen molar-refractivity contribution < 1.29 is 54.0 Å². The van der Waals surface area contributed by atoms with E-state index in [0.717, 1.165) is 0 Å². The molecule has 16 heteroatoms. The number of hydrogen-bond acceptors (Lipinski definition) is 9. The van der Waals surface area contributed by atoms with E-state index in [-0.39, 0.29) is 31.4 Å². The minimum Gasteiger partial charge on any atom is -0.508 e. The number of carboxylic acids is 3. The topological polar surface area (TPSA) is 289 Å². The van der Waals surface area contributed by atoms with Gasteiger partial charge in [-0.2, -0.15) is 0 Å². The molecule has 0 heterocycles. The summed E-state index contributed by atoms with van der Waals surface area (Å²) >= 11 is 0. The van der Waals surface area contributed by atoms with Crippen molar-refractivity contribution in [1.29, 1.82) is 0 Å². The van der Waals surface area contributed by atoms with Crippen LogP contribution in [-0.2, 0) is 40.0 Å². The number of carboxylic acid groups (broad SMARTS) is 3. The normalized spacial score (nSPS) is 13.6. The van der Waals surface area contributed by atoms with Gasteiger partial charge in [0.2, 0.25) is 23.6 Å². The zero-order chi connectivity index (χ0) is 30.4. The van der Waals surface area contributed by atoms with E-state index in [4.69, 9.17) is 21.7 Å². The summed E-state index contributed by atoms with van der Waals surface area (Å²) in [5.41, 5.74) is 11.4. The number of phenolic OH excluding ortho intramolecular Hbond substituents is 1. The van der Waals surface area contributed by atoms with Gasteiger partial charge in [-0.1, -0.05) is 12.1 Å². The maximum absolute atomic E-state index is 13.2. The van der Waals surface area contributed by atoms with Crippen LogP contribution in [0.5, 0.6) is 5.75 Å². The van der Waals surface area contributed by atoms with Crippen LogP contribution in [0.4, 0.5) is 0 Å². The predicted molar refractivity (Wildman–Crippen MR) is 135 cm³/mol. The quantitative estimate of drug-likeness (QED) is 0.0913. The number of nitrogens with one attached hydrogen (secondary N) is 3. The van der Waals surface area contributed by atoms with Gasteiger partial charge in [0.05, 0.1) is 6.04 Å². The molecule has 11 N–H and O–H groups in total. The monoisotopic (exact) mass is 567 g/mol. The molecule has 4 atom stereocenters. The van der Waals surface area contributed by atoms with E-state index < -0.39 is 85.0 Å². The Morgan fingerprint density at radius 3 is 1.68 bits per heavy atom. The second-order valence-electron chi connectivity index (χ2n) is 8.87. The summed E-state index contributed by atoms with van der Waals surface area (Å²) in [5, 5.41) is 43.3. The summed E-state index contributed by atoms with van der Waals surface area (Å²) in [4.78, 5) is 83.2. The third-order valence-electron chi connectivity index (χ3n) is 5.59. The number of rotatable bonds is 18. The molecule has 0 spiro atoms. The average molecular weight is 568 g/mol. The molecule has 4 unspecified atom stereocenters. The number of amides is 4. The van der Waals surface area contributed by atoms with E-state index in [2.05, 4.69) is 16.0 Å². The molecular formula is C24H33N5O11. The molecule has 0 radical (unpaired) electrons. The zero-order valence-corrected chi connectivity index (χ0v) is 21.4. The maximum Gasteiger partial charge on any atom is 0.326 e. The van der Waals surface area contributed by atoms with Gasteiger partial charge in [0, 0.05) is 25.7 Å². The van der Waals surface area contributed by atoms with Crippen LogP contribution in [0.3, 0.4) is 0 Å². The first-order chi connectivity index (χ1) is 18.7. The lowest BCUT2D eigenvalue weighted by molar-refractivity contribution is -0.143. The molecule has 0 fully saturated rings. The fourth-order valence-corrected chi connectivity index (χ4v) is 3.39. The summed E-state index contributed by atoms with van der Waals surface area (Å²) in [7, 11) is 0. The van der Waals surface area contributed by atoms with E-state index in [1.165, 1.54) is 24.3 Å². The standard InChI is InChI=1S/C24H33N5O11/c25-14(5-9-19(32)33)21(36)29-17(11-12-1-3-13(30)4-2-12)23(38)27-15(6-8-18(26)31)22(37)28-16(24(39)40)7-10-20(34)35/h1-4,14-17,30H,5-11,25H2,(H2,26,31)(H,27,38)(H,28,37)(H,29,36)(H,32,33)(H,34,35)(H,39,40). The minimum atomic E-state index is -1.61. The highest BCUT2D eigenvalue weighted by molar-refractivity contribution is 5.94. The maximum atomic E-state index is 13.2. The van der Waals surface area contributed by atoms with Crippen LogP contribution in [0.15, 0.2) is 24.3 Å². The third-order valence-corrected chi connectivity index (χ3v) is 5.59. The second-order valence-corrected chi connectivity index (χ2v) is 8.87. The number of nitrogens with two attached hydrogens (primary N) is 2. The Hall–Kier alpha value is -4.73. The van der Waals surface area contributed by atoms with E-state index in [9.17, 15) is 43.8 Å². The van der Waals surface area contributed by atoms with Crippen molar-refractivity contribution in [2.75, 3.05) is 0 Å². The highest BCUT2D eigenvalue weighted by Gasteiger charge is 2.31. The van der Waals surface area contributed by atoms with Gasteiger partial charge in [0.15, 0.2) is 0 Å². The van der Waals surface area contributed by atoms with Gasteiger partial charge in [-0.3, -0.25) is 28.8 Å². The number of benzene rings is 1. The minimum absolute atomic E-state index is 0.0662. The Morgan fingerprint density at radius 2 is 1.15 bits per heavy atom. The van der Waals surface area contributed by atoms with Crippen molar-refractivity contribution >= 4 is 41.5 Å². The van der Waals surface area contributed by atoms with E-state index in [0.29, 0.717) is 5.56 Å². The molecule has 1 rings (SSSR count). The predicted octanol–water partition coefficient (Wildman–Crippen LogP) is -2.20. The molecule has 0 aliphatic rings. The van der Waals surface area contributed by atoms with Gasteiger partial charge in [-0.25, -0.2) is 4.79 Å². The van der Waals surface area contributed by atoms with Crippen LogP contribution in [0, 0.1) is 0 Å². The lowest BCUT2D eigenvalue weighted by Gasteiger charge is -2.25. The Labute approximate surface area is 228 Å². The Bertz CT molecular complexity index is 1090. The first-order valence-corrected chi connectivity index (χ1v) is 12.1. The Balaban J connectivity index is 3.16. The van der Waals surface area contributed by atoms with Crippen molar-refractivity contribution in [2.24, 2.45) is 11.5 Å². The van der Waals surface area contributed by atoms with Crippen molar-refractivity contribution in [2.45, 2.75) is 69.1 Å². The lowest BCUT2D eigenvalue weighted by Crippen LogP contribution is -2.57. The summed E-state index contributed by atoms with van der Waals surface area (Å²) in [5.74, 6) is -7.74. The Morgan fingerprint density at radius 1 is 0.675 bits per heavy atom. The van der Waals surface area contributed by atoms with Crippen molar-refractivity contribution in [3.8, 4) is 5.75 Å². The molecule has 1 aromatic carbocycles. The largest absolute Gasteiger partial charge is 0.508 e. The summed E-state index contributed by atoms with van der Waals surface area (Å²) in [6.07, 6.45) is -2.57. The molecule has 0 saturated heterocycles. The molecule has 0 saturated carbocycles. The number of hydrogen-bond donors (Lipinski definition) is 9. The van der Waals surface area contributed by atoms with Crippen LogP contribution in [-0.4, -0.2) is 86.1 Å². The second kappa shape index (κ2) is 16.3. The van der Waals surface area contributed by atoms with Crippen LogP contribution < -0.4 is 27.4 Å². The zero-order valence-electron chi connectivity index (χ0n) is 21.4. The van der Waals surface area contributed by atoms with Crippen molar-refractivity contribution in [1.82, 2.24) is 16.0 Å². The number of aliphatic carboxylic acids is 3. The van der Waals surface area contributed by atoms with Crippen molar-refractivity contribution in [3.05, 3.63) is 29.8 Å².